The number of unbranched alkanes of at least 4 members (excludes halogenated alkanes) is 1. The summed E-state index contributed by atoms with van der Waals surface area (Å²) in [5.74, 6) is 0.593. The number of nitrogens with one attached hydrogen (secondary N) is 3. The maximum Gasteiger partial charge on any atom is 0.237 e. The van der Waals surface area contributed by atoms with Gasteiger partial charge in [-0.25, -0.2) is 0 Å². The van der Waals surface area contributed by atoms with Crippen LogP contribution in [0.15, 0.2) is 0 Å². The highest BCUT2D eigenvalue weighted by atomic mass is 16.2. The number of carbonyl (C=O) groups is 4. The molecule has 8 heteroatoms. The lowest BCUT2D eigenvalue weighted by Gasteiger charge is -2.20. The lowest BCUT2D eigenvalue weighted by molar-refractivity contribution is -0.130. The first-order valence-corrected chi connectivity index (χ1v) is 14.4. The van der Waals surface area contributed by atoms with Crippen LogP contribution in [0, 0.1) is 11.3 Å². The fourth-order valence-corrected chi connectivity index (χ4v) is 3.32. The van der Waals surface area contributed by atoms with Gasteiger partial charge in [-0.3, -0.25) is 19.3 Å². The fourth-order valence-electron chi connectivity index (χ4n) is 3.32. The number of nitrogens with zero attached hydrogens (tertiary/aromatic N) is 1. The first kappa shape index (κ1) is 39.6. The lowest BCUT2D eigenvalue weighted by Crippen LogP contribution is -2.43. The van der Waals surface area contributed by atoms with Crippen LogP contribution in [0.4, 0.5) is 0 Å². The zero-order chi connectivity index (χ0) is 29.6. The van der Waals surface area contributed by atoms with Gasteiger partial charge < -0.3 is 20.7 Å². The van der Waals surface area contributed by atoms with Gasteiger partial charge >= 0.3 is 0 Å². The van der Waals surface area contributed by atoms with Crippen LogP contribution in [-0.4, -0.2) is 67.2 Å². The number of hydrogen-bond acceptors (Lipinski definition) is 5. The number of likely N-dealkylation sites (N-methyl/N-ethyl adjacent to an activating group) is 1. The first-order chi connectivity index (χ1) is 17.3. The summed E-state index contributed by atoms with van der Waals surface area (Å²) in [5.41, 5.74) is -0.423. The molecule has 2 aliphatic heterocycles. The van der Waals surface area contributed by atoms with E-state index in [4.69, 9.17) is 0 Å². The van der Waals surface area contributed by atoms with Gasteiger partial charge in [0.25, 0.3) is 0 Å². The minimum atomic E-state index is -0.423. The Labute approximate surface area is 228 Å². The van der Waals surface area contributed by atoms with Gasteiger partial charge in [0.05, 0.1) is 12.1 Å². The highest BCUT2D eigenvalue weighted by Gasteiger charge is 2.27. The Morgan fingerprint density at radius 1 is 1.11 bits per heavy atom. The molecule has 2 saturated heterocycles. The van der Waals surface area contributed by atoms with Gasteiger partial charge in [0.15, 0.2) is 0 Å². The Hall–Kier alpha value is -1.96. The maximum absolute atomic E-state index is 11.5. The molecule has 0 saturated carbocycles. The number of hydrogen-bond donors (Lipinski definition) is 3. The van der Waals surface area contributed by atoms with Crippen molar-refractivity contribution in [1.82, 2.24) is 20.9 Å². The Morgan fingerprint density at radius 3 is 1.97 bits per heavy atom. The molecule has 2 unspecified atom stereocenters. The molecule has 0 aromatic rings. The van der Waals surface area contributed by atoms with E-state index in [1.807, 2.05) is 76.3 Å². The fraction of sp³-hybridized carbons (Fsp3) is 0.862. The number of rotatable bonds is 7. The minimum absolute atomic E-state index is 0.0642. The number of carbonyl (C=O) groups excluding carboxylic acids is 4. The average molecular weight is 529 g/mol. The normalized spacial score (nSPS) is 19.2. The Balaban J connectivity index is -0.000000454. The molecule has 3 amide bonds. The molecular formula is C29H60N4O4. The van der Waals surface area contributed by atoms with E-state index in [-0.39, 0.29) is 41.8 Å². The molecule has 0 aromatic carbocycles. The molecule has 37 heavy (non-hydrogen) atoms. The molecule has 8 nitrogen and oxygen atoms in total. The van der Waals surface area contributed by atoms with Crippen molar-refractivity contribution >= 4 is 24.0 Å². The summed E-state index contributed by atoms with van der Waals surface area (Å²) in [6.07, 6.45) is 6.73. The van der Waals surface area contributed by atoms with Crippen LogP contribution < -0.4 is 16.0 Å². The third kappa shape index (κ3) is 19.8. The largest absolute Gasteiger partial charge is 0.356 e. The van der Waals surface area contributed by atoms with Gasteiger partial charge in [-0.15, -0.1) is 0 Å². The van der Waals surface area contributed by atoms with Crippen LogP contribution in [0.5, 0.6) is 0 Å². The monoisotopic (exact) mass is 528 g/mol. The van der Waals surface area contributed by atoms with Crippen molar-refractivity contribution in [2.75, 3.05) is 20.1 Å². The van der Waals surface area contributed by atoms with E-state index >= 15 is 0 Å². The Morgan fingerprint density at radius 2 is 1.68 bits per heavy atom. The van der Waals surface area contributed by atoms with Crippen molar-refractivity contribution in [3.8, 4) is 0 Å². The van der Waals surface area contributed by atoms with Crippen molar-refractivity contribution < 1.29 is 19.2 Å². The van der Waals surface area contributed by atoms with E-state index in [2.05, 4.69) is 27.8 Å². The van der Waals surface area contributed by atoms with E-state index in [0.717, 1.165) is 57.9 Å². The van der Waals surface area contributed by atoms with E-state index < -0.39 is 5.41 Å². The van der Waals surface area contributed by atoms with Gasteiger partial charge in [0.1, 0.15) is 6.29 Å². The van der Waals surface area contributed by atoms with E-state index in [1.54, 1.807) is 0 Å². The van der Waals surface area contributed by atoms with Gasteiger partial charge in [-0.2, -0.15) is 0 Å². The van der Waals surface area contributed by atoms with Crippen LogP contribution in [0.25, 0.3) is 0 Å². The molecule has 0 aromatic heterocycles. The molecule has 0 spiro atoms. The summed E-state index contributed by atoms with van der Waals surface area (Å²) in [7, 11) is 2.01. The number of likely N-dealkylation sites (tertiary alicyclic amines) is 1. The standard InChI is InChI=1S/C11H21NO2.C9H18N2O.C5H9NO.2C2H6/c1-5-6-7-9(8-13)12-10(14)11(2,3)4;1-7(2)10-9(12)8-5-4-6-11(8)3;1-4-2-3-6-5(4)7;2*1-2/h8-9H,5-7H2,1-4H3,(H,12,14);7-8H,4-6H2,1-3H3,(H,10,12);4H,2-3H2,1H3,(H,6,7);2*1-2H3/t9-;;;;/m0..../s1. The van der Waals surface area contributed by atoms with E-state index in [1.165, 1.54) is 0 Å². The molecule has 0 radical (unpaired) electrons. The molecule has 2 rings (SSSR count). The lowest BCUT2D eigenvalue weighted by atomic mass is 9.95. The van der Waals surface area contributed by atoms with Gasteiger partial charge in [-0.05, 0) is 53.1 Å². The van der Waals surface area contributed by atoms with Crippen molar-refractivity contribution in [2.45, 2.75) is 133 Å². The van der Waals surface area contributed by atoms with Crippen molar-refractivity contribution in [3.63, 3.8) is 0 Å². The summed E-state index contributed by atoms with van der Waals surface area (Å²) in [6.45, 7) is 23.4. The molecule has 3 atom stereocenters. The Kier molecular flexibility index (Phi) is 24.8. The second kappa shape index (κ2) is 23.2. The highest BCUT2D eigenvalue weighted by Crippen LogP contribution is 2.15. The summed E-state index contributed by atoms with van der Waals surface area (Å²) in [5, 5.41) is 8.40. The molecule has 3 N–H and O–H groups in total. The molecule has 2 heterocycles. The zero-order valence-corrected chi connectivity index (χ0v) is 26.1. The quantitative estimate of drug-likeness (QED) is 0.415. The summed E-state index contributed by atoms with van der Waals surface area (Å²) in [4.78, 5) is 46.3. The average Bonchev–Trinajstić information content (AvgIpc) is 3.46. The predicted octanol–water partition coefficient (Wildman–Crippen LogP) is 4.71. The van der Waals surface area contributed by atoms with E-state index in [9.17, 15) is 19.2 Å². The molecule has 2 aliphatic rings. The predicted molar refractivity (Wildman–Crippen MR) is 155 cm³/mol. The molecular weight excluding hydrogens is 468 g/mol. The molecule has 2 fully saturated rings. The van der Waals surface area contributed by atoms with Crippen LogP contribution in [-0.2, 0) is 19.2 Å². The van der Waals surface area contributed by atoms with Crippen LogP contribution in [0.3, 0.4) is 0 Å². The summed E-state index contributed by atoms with van der Waals surface area (Å²) in [6, 6.07) is 0.0561. The Bertz CT molecular complexity index is 618. The second-order valence-electron chi connectivity index (χ2n) is 10.4. The maximum atomic E-state index is 11.5. The highest BCUT2D eigenvalue weighted by molar-refractivity contribution is 5.84. The van der Waals surface area contributed by atoms with Crippen LogP contribution in [0.1, 0.15) is 115 Å². The molecule has 0 bridgehead atoms. The van der Waals surface area contributed by atoms with Gasteiger partial charge in [0, 0.05) is 23.9 Å². The zero-order valence-electron chi connectivity index (χ0n) is 26.1. The third-order valence-corrected chi connectivity index (χ3v) is 5.61. The molecule has 220 valence electrons. The third-order valence-electron chi connectivity index (χ3n) is 5.61. The van der Waals surface area contributed by atoms with Crippen molar-refractivity contribution in [3.05, 3.63) is 0 Å². The van der Waals surface area contributed by atoms with Crippen LogP contribution in [0.2, 0.25) is 0 Å². The topological polar surface area (TPSA) is 108 Å². The molecule has 0 aliphatic carbocycles. The van der Waals surface area contributed by atoms with E-state index in [0.29, 0.717) is 0 Å². The minimum Gasteiger partial charge on any atom is -0.356 e. The smallest absolute Gasteiger partial charge is 0.237 e. The first-order valence-electron chi connectivity index (χ1n) is 14.4. The summed E-state index contributed by atoms with van der Waals surface area (Å²) >= 11 is 0. The SMILES string of the molecule is CC.CC.CC(C)NC(=O)C1CCCN1C.CC1CCNC1=O.CCCC[C@@H](C=O)NC(=O)C(C)(C)C. The van der Waals surface area contributed by atoms with Gasteiger partial charge in [-0.1, -0.05) is 75.2 Å². The van der Waals surface area contributed by atoms with Gasteiger partial charge in [0.2, 0.25) is 17.7 Å². The van der Waals surface area contributed by atoms with Crippen molar-refractivity contribution in [1.29, 1.82) is 0 Å². The number of aldehydes is 1. The second-order valence-corrected chi connectivity index (χ2v) is 10.4. The van der Waals surface area contributed by atoms with Crippen LogP contribution >= 0.6 is 0 Å². The number of amides is 3. The summed E-state index contributed by atoms with van der Waals surface area (Å²) < 4.78 is 0. The van der Waals surface area contributed by atoms with Crippen molar-refractivity contribution in [2.24, 2.45) is 11.3 Å².